The van der Waals surface area contributed by atoms with Crippen molar-refractivity contribution in [3.63, 3.8) is 0 Å². The van der Waals surface area contributed by atoms with Gasteiger partial charge < -0.3 is 10.1 Å². The zero-order valence-electron chi connectivity index (χ0n) is 10.6. The Bertz CT molecular complexity index is 401. The second-order valence-electron chi connectivity index (χ2n) is 3.93. The molecule has 0 saturated carbocycles. The Labute approximate surface area is 109 Å². The van der Waals surface area contributed by atoms with Crippen LogP contribution in [-0.2, 0) is 22.3 Å². The number of benzene rings is 1. The summed E-state index contributed by atoms with van der Waals surface area (Å²) in [5, 5.41) is 2.97. The molecular weight excluding hydrogens is 259 g/mol. The van der Waals surface area contributed by atoms with Crippen molar-refractivity contribution in [1.29, 1.82) is 0 Å². The maximum Gasteiger partial charge on any atom is 0.416 e. The molecule has 0 aromatic heterocycles. The average molecular weight is 275 g/mol. The summed E-state index contributed by atoms with van der Waals surface area (Å²) in [5.41, 5.74) is 0.0691. The van der Waals surface area contributed by atoms with E-state index < -0.39 is 11.7 Å². The van der Waals surface area contributed by atoms with E-state index in [-0.39, 0.29) is 12.4 Å². The smallest absolute Gasteiger partial charge is 0.416 e. The number of hydrogen-bond acceptors (Lipinski definition) is 3. The quantitative estimate of drug-likeness (QED) is 0.641. The van der Waals surface area contributed by atoms with Crippen LogP contribution in [0.3, 0.4) is 0 Å². The highest BCUT2D eigenvalue weighted by atomic mass is 19.4. The van der Waals surface area contributed by atoms with Crippen molar-refractivity contribution in [2.24, 2.45) is 0 Å². The van der Waals surface area contributed by atoms with E-state index in [9.17, 15) is 18.0 Å². The number of hydrogen-bond donors (Lipinski definition) is 1. The van der Waals surface area contributed by atoms with E-state index in [0.29, 0.717) is 19.7 Å². The normalized spacial score (nSPS) is 11.4. The number of alkyl halides is 3. The van der Waals surface area contributed by atoms with Crippen LogP contribution >= 0.6 is 0 Å². The molecule has 0 fully saturated rings. The minimum atomic E-state index is -4.31. The first-order valence-corrected chi connectivity index (χ1v) is 5.96. The third-order valence-corrected chi connectivity index (χ3v) is 2.42. The third-order valence-electron chi connectivity index (χ3n) is 2.42. The molecule has 106 valence electrons. The van der Waals surface area contributed by atoms with Gasteiger partial charge in [0.25, 0.3) is 0 Å². The van der Waals surface area contributed by atoms with Crippen molar-refractivity contribution in [3.8, 4) is 0 Å². The standard InChI is InChI=1S/C13H16F3NO2/c1-2-19-12(18)7-8-17-9-10-3-5-11(6-4-10)13(14,15)16/h3-6,17H,2,7-9H2,1H3. The molecule has 0 aliphatic rings. The van der Waals surface area contributed by atoms with E-state index >= 15 is 0 Å². The van der Waals surface area contributed by atoms with Crippen molar-refractivity contribution < 1.29 is 22.7 Å². The van der Waals surface area contributed by atoms with Gasteiger partial charge in [0.05, 0.1) is 18.6 Å². The maximum atomic E-state index is 12.3. The lowest BCUT2D eigenvalue weighted by Crippen LogP contribution is -2.19. The van der Waals surface area contributed by atoms with E-state index in [4.69, 9.17) is 4.74 Å². The summed E-state index contributed by atoms with van der Waals surface area (Å²) in [7, 11) is 0. The Morgan fingerprint density at radius 3 is 2.42 bits per heavy atom. The number of ether oxygens (including phenoxy) is 1. The van der Waals surface area contributed by atoms with Gasteiger partial charge >= 0.3 is 12.1 Å². The molecule has 0 aliphatic carbocycles. The Morgan fingerprint density at radius 1 is 1.26 bits per heavy atom. The van der Waals surface area contributed by atoms with E-state index in [0.717, 1.165) is 17.7 Å². The SMILES string of the molecule is CCOC(=O)CCNCc1ccc(C(F)(F)F)cc1. The average Bonchev–Trinajstić information content (AvgIpc) is 2.34. The predicted octanol–water partition coefficient (Wildman–Crippen LogP) is 2.75. The number of carbonyl (C=O) groups excluding carboxylic acids is 1. The summed E-state index contributed by atoms with van der Waals surface area (Å²) in [5.74, 6) is -0.289. The molecule has 1 rings (SSSR count). The Morgan fingerprint density at radius 2 is 1.89 bits per heavy atom. The number of halogens is 3. The van der Waals surface area contributed by atoms with Crippen LogP contribution in [0.4, 0.5) is 13.2 Å². The van der Waals surface area contributed by atoms with E-state index in [1.807, 2.05) is 0 Å². The second kappa shape index (κ2) is 7.13. The first kappa shape index (κ1) is 15.5. The number of esters is 1. The molecule has 1 aromatic carbocycles. The molecule has 0 aliphatic heterocycles. The third kappa shape index (κ3) is 5.74. The largest absolute Gasteiger partial charge is 0.466 e. The number of rotatable bonds is 6. The molecule has 6 heteroatoms. The summed E-state index contributed by atoms with van der Waals surface area (Å²) < 4.78 is 41.7. The fourth-order valence-corrected chi connectivity index (χ4v) is 1.47. The van der Waals surface area contributed by atoms with Crippen LogP contribution in [0.5, 0.6) is 0 Å². The van der Waals surface area contributed by atoms with Gasteiger partial charge in [-0.15, -0.1) is 0 Å². The van der Waals surface area contributed by atoms with Crippen LogP contribution in [0, 0.1) is 0 Å². The lowest BCUT2D eigenvalue weighted by atomic mass is 10.1. The van der Waals surface area contributed by atoms with E-state index in [1.165, 1.54) is 12.1 Å². The monoisotopic (exact) mass is 275 g/mol. The predicted molar refractivity (Wildman–Crippen MR) is 64.4 cm³/mol. The second-order valence-corrected chi connectivity index (χ2v) is 3.93. The van der Waals surface area contributed by atoms with Crippen molar-refractivity contribution in [2.45, 2.75) is 26.1 Å². The van der Waals surface area contributed by atoms with E-state index in [1.54, 1.807) is 6.92 Å². The molecule has 0 saturated heterocycles. The lowest BCUT2D eigenvalue weighted by Gasteiger charge is -2.08. The van der Waals surface area contributed by atoms with Crippen molar-refractivity contribution in [2.75, 3.05) is 13.2 Å². The minimum Gasteiger partial charge on any atom is -0.466 e. The zero-order chi connectivity index (χ0) is 14.3. The van der Waals surface area contributed by atoms with Gasteiger partial charge in [0.1, 0.15) is 0 Å². The lowest BCUT2D eigenvalue weighted by molar-refractivity contribution is -0.143. The highest BCUT2D eigenvalue weighted by Gasteiger charge is 2.29. The molecule has 0 bridgehead atoms. The molecule has 0 unspecified atom stereocenters. The first-order valence-electron chi connectivity index (χ1n) is 5.96. The van der Waals surface area contributed by atoms with Crippen LogP contribution in [0.25, 0.3) is 0 Å². The van der Waals surface area contributed by atoms with Crippen molar-refractivity contribution >= 4 is 5.97 Å². The summed E-state index contributed by atoms with van der Waals surface area (Å²) in [6.07, 6.45) is -4.07. The van der Waals surface area contributed by atoms with Crippen LogP contribution in [0.15, 0.2) is 24.3 Å². The molecule has 0 spiro atoms. The summed E-state index contributed by atoms with van der Waals surface area (Å²) in [6, 6.07) is 4.92. The highest BCUT2D eigenvalue weighted by Crippen LogP contribution is 2.28. The van der Waals surface area contributed by atoms with Crippen LogP contribution in [0.1, 0.15) is 24.5 Å². The Hall–Kier alpha value is -1.56. The molecule has 1 N–H and O–H groups in total. The van der Waals surface area contributed by atoms with Crippen molar-refractivity contribution in [3.05, 3.63) is 35.4 Å². The van der Waals surface area contributed by atoms with Gasteiger partial charge in [-0.3, -0.25) is 4.79 Å². The topological polar surface area (TPSA) is 38.3 Å². The number of nitrogens with one attached hydrogen (secondary N) is 1. The van der Waals surface area contributed by atoms with Gasteiger partial charge in [-0.25, -0.2) is 0 Å². The fourth-order valence-electron chi connectivity index (χ4n) is 1.47. The first-order chi connectivity index (χ1) is 8.93. The summed E-state index contributed by atoms with van der Waals surface area (Å²) >= 11 is 0. The van der Waals surface area contributed by atoms with Crippen LogP contribution in [0.2, 0.25) is 0 Å². The Balaban J connectivity index is 2.33. The molecule has 0 amide bonds. The number of carbonyl (C=O) groups is 1. The molecule has 3 nitrogen and oxygen atoms in total. The molecule has 0 atom stereocenters. The minimum absolute atomic E-state index is 0.245. The molecule has 19 heavy (non-hydrogen) atoms. The van der Waals surface area contributed by atoms with Crippen LogP contribution in [-0.4, -0.2) is 19.1 Å². The van der Waals surface area contributed by atoms with Gasteiger partial charge in [0.15, 0.2) is 0 Å². The van der Waals surface area contributed by atoms with Gasteiger partial charge in [-0.05, 0) is 24.6 Å². The molecule has 0 radical (unpaired) electrons. The van der Waals surface area contributed by atoms with Crippen LogP contribution < -0.4 is 5.32 Å². The van der Waals surface area contributed by atoms with Gasteiger partial charge in [-0.1, -0.05) is 12.1 Å². The summed E-state index contributed by atoms with van der Waals surface area (Å²) in [4.78, 5) is 11.0. The van der Waals surface area contributed by atoms with Gasteiger partial charge in [0.2, 0.25) is 0 Å². The van der Waals surface area contributed by atoms with E-state index in [2.05, 4.69) is 5.32 Å². The van der Waals surface area contributed by atoms with Gasteiger partial charge in [0, 0.05) is 13.1 Å². The summed E-state index contributed by atoms with van der Waals surface area (Å²) in [6.45, 7) is 2.92. The Kier molecular flexibility index (Phi) is 5.82. The van der Waals surface area contributed by atoms with Crippen molar-refractivity contribution in [1.82, 2.24) is 5.32 Å². The van der Waals surface area contributed by atoms with Gasteiger partial charge in [-0.2, -0.15) is 13.2 Å². The zero-order valence-corrected chi connectivity index (χ0v) is 10.6. The molecular formula is C13H16F3NO2. The highest BCUT2D eigenvalue weighted by molar-refractivity contribution is 5.69. The maximum absolute atomic E-state index is 12.3. The fraction of sp³-hybridized carbons (Fsp3) is 0.462. The molecule has 0 heterocycles. The molecule has 1 aromatic rings.